The van der Waals surface area contributed by atoms with Gasteiger partial charge in [-0.25, -0.2) is 4.57 Å². The summed E-state index contributed by atoms with van der Waals surface area (Å²) in [7, 11) is -4.29. The first kappa shape index (κ1) is 53.2. The maximum atomic E-state index is 12.6. The van der Waals surface area contributed by atoms with Crippen LogP contribution in [-0.4, -0.2) is 49.9 Å². The number of esters is 1. The Morgan fingerprint density at radius 3 is 1.49 bits per heavy atom. The number of allylic oxidation sites excluding steroid dienone is 10. The van der Waals surface area contributed by atoms with Crippen LogP contribution in [0.4, 0.5) is 0 Å². The fourth-order valence-corrected chi connectivity index (χ4v) is 6.61. The Morgan fingerprint density at radius 1 is 0.545 bits per heavy atom. The Morgan fingerprint density at radius 2 is 0.982 bits per heavy atom. The lowest BCUT2D eigenvalue weighted by atomic mass is 10.1. The molecule has 3 N–H and O–H groups in total. The van der Waals surface area contributed by atoms with Crippen molar-refractivity contribution in [2.45, 2.75) is 193 Å². The van der Waals surface area contributed by atoms with Crippen LogP contribution in [0.25, 0.3) is 0 Å². The molecule has 0 aliphatic carbocycles. The normalized spacial score (nSPS) is 14.0. The molecule has 0 bridgehead atoms. The van der Waals surface area contributed by atoms with Gasteiger partial charge in [0.15, 0.2) is 0 Å². The van der Waals surface area contributed by atoms with E-state index in [-0.39, 0.29) is 32.3 Å². The van der Waals surface area contributed by atoms with Gasteiger partial charge in [-0.1, -0.05) is 164 Å². The predicted octanol–water partition coefficient (Wildman–Crippen LogP) is 13.4. The zero-order valence-corrected chi connectivity index (χ0v) is 36.3. The van der Waals surface area contributed by atoms with E-state index >= 15 is 0 Å². The van der Waals surface area contributed by atoms with Crippen LogP contribution >= 0.6 is 7.82 Å². The number of hydrogen-bond acceptors (Lipinski definition) is 7. The molecule has 55 heavy (non-hydrogen) atoms. The van der Waals surface area contributed by atoms with Crippen LogP contribution in [-0.2, 0) is 27.9 Å². The van der Waals surface area contributed by atoms with Gasteiger partial charge in [-0.05, 0) is 77.0 Å². The lowest BCUT2D eigenvalue weighted by Crippen LogP contribution is -2.28. The SMILES string of the molecule is CCCC/C=C\C/C=C\CCCCCCCCOCC(COP(=O)(O)OCCN)OC(=O)CCCCCCCC/C=C\C/C=C\C/C=C\CCCCCCC. The Kier molecular flexibility index (Phi) is 41.9. The summed E-state index contributed by atoms with van der Waals surface area (Å²) in [6.07, 6.45) is 52.3. The summed E-state index contributed by atoms with van der Waals surface area (Å²) in [6.45, 7) is 4.82. The first-order chi connectivity index (χ1) is 26.9. The highest BCUT2D eigenvalue weighted by Gasteiger charge is 2.25. The Labute approximate surface area is 338 Å². The zero-order valence-electron chi connectivity index (χ0n) is 35.4. The molecule has 0 fully saturated rings. The van der Waals surface area contributed by atoms with Crippen LogP contribution in [0.1, 0.15) is 187 Å². The number of carbonyl (C=O) groups excluding carboxylic acids is 1. The van der Waals surface area contributed by atoms with Gasteiger partial charge < -0.3 is 20.1 Å². The number of phosphoric ester groups is 1. The molecule has 320 valence electrons. The van der Waals surface area contributed by atoms with Crippen LogP contribution in [0.5, 0.6) is 0 Å². The summed E-state index contributed by atoms with van der Waals surface area (Å²) in [5.74, 6) is -0.348. The van der Waals surface area contributed by atoms with E-state index in [1.54, 1.807) is 0 Å². The number of nitrogens with two attached hydrogens (primary N) is 1. The predicted molar refractivity (Wildman–Crippen MR) is 233 cm³/mol. The topological polar surface area (TPSA) is 117 Å². The van der Waals surface area contributed by atoms with Gasteiger partial charge in [-0.2, -0.15) is 0 Å². The summed E-state index contributed by atoms with van der Waals surface area (Å²) >= 11 is 0. The first-order valence-corrected chi connectivity index (χ1v) is 23.8. The largest absolute Gasteiger partial charge is 0.472 e. The molecule has 0 aromatic rings. The highest BCUT2D eigenvalue weighted by Crippen LogP contribution is 2.43. The molecule has 9 heteroatoms. The molecule has 0 rings (SSSR count). The lowest BCUT2D eigenvalue weighted by molar-refractivity contribution is -0.154. The molecule has 0 aromatic carbocycles. The summed E-state index contributed by atoms with van der Waals surface area (Å²) < 4.78 is 33.4. The van der Waals surface area contributed by atoms with Gasteiger partial charge in [0.1, 0.15) is 6.10 Å². The van der Waals surface area contributed by atoms with Gasteiger partial charge in [-0.3, -0.25) is 13.8 Å². The minimum absolute atomic E-state index is 0.0935. The van der Waals surface area contributed by atoms with E-state index < -0.39 is 13.9 Å². The van der Waals surface area contributed by atoms with Crippen molar-refractivity contribution in [2.75, 3.05) is 33.0 Å². The van der Waals surface area contributed by atoms with E-state index in [0.29, 0.717) is 13.0 Å². The molecule has 0 aromatic heterocycles. The highest BCUT2D eigenvalue weighted by molar-refractivity contribution is 7.47. The Balaban J connectivity index is 4.07. The third-order valence-corrected chi connectivity index (χ3v) is 10.1. The number of rotatable bonds is 42. The van der Waals surface area contributed by atoms with Crippen LogP contribution in [0.15, 0.2) is 60.8 Å². The maximum Gasteiger partial charge on any atom is 0.472 e. The lowest BCUT2D eigenvalue weighted by Gasteiger charge is -2.20. The van der Waals surface area contributed by atoms with E-state index in [1.807, 2.05) is 0 Å². The summed E-state index contributed by atoms with van der Waals surface area (Å²) in [5.41, 5.74) is 5.37. The minimum atomic E-state index is -4.29. The van der Waals surface area contributed by atoms with Crippen molar-refractivity contribution in [1.29, 1.82) is 0 Å². The minimum Gasteiger partial charge on any atom is -0.457 e. The molecular formula is C46H84NO7P. The van der Waals surface area contributed by atoms with Gasteiger partial charge in [-0.15, -0.1) is 0 Å². The zero-order chi connectivity index (χ0) is 40.2. The van der Waals surface area contributed by atoms with Crippen molar-refractivity contribution in [1.82, 2.24) is 0 Å². The molecule has 0 saturated carbocycles. The number of ether oxygens (including phenoxy) is 2. The monoisotopic (exact) mass is 794 g/mol. The second-order valence-corrected chi connectivity index (χ2v) is 16.0. The fraction of sp³-hybridized carbons (Fsp3) is 0.761. The van der Waals surface area contributed by atoms with Gasteiger partial charge in [0.2, 0.25) is 0 Å². The van der Waals surface area contributed by atoms with Gasteiger partial charge in [0.05, 0.1) is 19.8 Å². The molecule has 0 aliphatic rings. The average Bonchev–Trinajstić information content (AvgIpc) is 3.17. The molecular weight excluding hydrogens is 709 g/mol. The highest BCUT2D eigenvalue weighted by atomic mass is 31.2. The van der Waals surface area contributed by atoms with Gasteiger partial charge >= 0.3 is 13.8 Å². The number of unbranched alkanes of at least 4 members (excludes halogenated alkanes) is 19. The van der Waals surface area contributed by atoms with E-state index in [1.165, 1.54) is 89.9 Å². The molecule has 0 amide bonds. The van der Waals surface area contributed by atoms with Crippen molar-refractivity contribution in [3.8, 4) is 0 Å². The van der Waals surface area contributed by atoms with Gasteiger partial charge in [0.25, 0.3) is 0 Å². The van der Waals surface area contributed by atoms with E-state index in [2.05, 4.69) is 74.6 Å². The Bertz CT molecular complexity index is 1030. The van der Waals surface area contributed by atoms with Crippen molar-refractivity contribution in [3.05, 3.63) is 60.8 Å². The molecule has 8 nitrogen and oxygen atoms in total. The first-order valence-electron chi connectivity index (χ1n) is 22.3. The summed E-state index contributed by atoms with van der Waals surface area (Å²) in [6, 6.07) is 0. The van der Waals surface area contributed by atoms with E-state index in [9.17, 15) is 14.3 Å². The fourth-order valence-electron chi connectivity index (χ4n) is 5.84. The van der Waals surface area contributed by atoms with Crippen LogP contribution in [0.3, 0.4) is 0 Å². The second kappa shape index (κ2) is 43.3. The van der Waals surface area contributed by atoms with Crippen molar-refractivity contribution in [2.24, 2.45) is 5.73 Å². The standard InChI is InChI=1S/C46H84NO7P/c1-3-5-7-9-11-13-15-17-19-20-21-22-23-24-25-27-29-31-33-35-37-39-46(48)54-45(44-53-55(49,50)52-42-40-47)43-51-41-38-36-34-32-30-28-26-18-16-14-12-10-8-6-4-2/h10,12,15-18,20-21,23-24,45H,3-9,11,13-14,19,22,25-44,47H2,1-2H3,(H,49,50)/b12-10-,17-15-,18-16-,21-20-,24-23-. The van der Waals surface area contributed by atoms with Crippen LogP contribution < -0.4 is 5.73 Å². The second-order valence-electron chi connectivity index (χ2n) is 14.6. The third kappa shape index (κ3) is 43.2. The molecule has 0 aliphatic heterocycles. The average molecular weight is 794 g/mol. The van der Waals surface area contributed by atoms with Gasteiger partial charge in [0, 0.05) is 19.6 Å². The molecule has 2 atom stereocenters. The van der Waals surface area contributed by atoms with E-state index in [4.69, 9.17) is 24.3 Å². The van der Waals surface area contributed by atoms with Crippen molar-refractivity contribution >= 4 is 13.8 Å². The third-order valence-electron chi connectivity index (χ3n) is 9.16. The van der Waals surface area contributed by atoms with Crippen molar-refractivity contribution in [3.63, 3.8) is 0 Å². The number of hydrogen-bond donors (Lipinski definition) is 2. The van der Waals surface area contributed by atoms with Crippen LogP contribution in [0.2, 0.25) is 0 Å². The van der Waals surface area contributed by atoms with E-state index in [0.717, 1.165) is 77.0 Å². The molecule has 0 radical (unpaired) electrons. The smallest absolute Gasteiger partial charge is 0.457 e. The Hall–Kier alpha value is -1.80. The molecule has 2 unspecified atom stereocenters. The summed E-state index contributed by atoms with van der Waals surface area (Å²) in [4.78, 5) is 22.5. The molecule has 0 saturated heterocycles. The molecule has 0 heterocycles. The summed E-state index contributed by atoms with van der Waals surface area (Å²) in [5, 5.41) is 0. The quantitative estimate of drug-likeness (QED) is 0.0271. The van der Waals surface area contributed by atoms with Crippen LogP contribution in [0, 0.1) is 0 Å². The van der Waals surface area contributed by atoms with Crippen molar-refractivity contribution < 1.29 is 32.8 Å². The number of phosphoric acid groups is 1. The maximum absolute atomic E-state index is 12.6. The molecule has 0 spiro atoms. The number of carbonyl (C=O) groups is 1.